The molecule has 3 rings (SSSR count). The van der Waals surface area contributed by atoms with Crippen molar-refractivity contribution < 1.29 is 0 Å². The molecule has 0 aliphatic heterocycles. The molecule has 0 saturated carbocycles. The molecule has 22 heavy (non-hydrogen) atoms. The van der Waals surface area contributed by atoms with Crippen molar-refractivity contribution in [2.75, 3.05) is 10.9 Å². The summed E-state index contributed by atoms with van der Waals surface area (Å²) in [4.78, 5) is 20.1. The Morgan fingerprint density at radius 2 is 1.68 bits per heavy atom. The van der Waals surface area contributed by atoms with Gasteiger partial charge in [0.15, 0.2) is 0 Å². The minimum Gasteiger partial charge on any atom is -0.298 e. The van der Waals surface area contributed by atoms with Gasteiger partial charge in [-0.25, -0.2) is 14.3 Å². The molecule has 3 aromatic rings. The number of hydrogen-bond acceptors (Lipinski definition) is 5. The van der Waals surface area contributed by atoms with Crippen LogP contribution >= 0.6 is 11.6 Å². The fourth-order valence-electron chi connectivity index (χ4n) is 1.86. The Labute approximate surface area is 131 Å². The van der Waals surface area contributed by atoms with Crippen molar-refractivity contribution in [2.45, 2.75) is 0 Å². The molecule has 0 amide bonds. The first-order valence-electron chi connectivity index (χ1n) is 6.52. The highest BCUT2D eigenvalue weighted by atomic mass is 35.5. The first-order valence-corrected chi connectivity index (χ1v) is 6.89. The number of nitrogens with zero attached hydrogens (tertiary/aromatic N) is 3. The van der Waals surface area contributed by atoms with Crippen LogP contribution in [0.5, 0.6) is 0 Å². The maximum Gasteiger partial charge on any atom is 0.356 e. The predicted octanol–water partition coefficient (Wildman–Crippen LogP) is 2.72. The second kappa shape index (κ2) is 6.28. The summed E-state index contributed by atoms with van der Waals surface area (Å²) in [5.74, 6) is 0.178. The number of halogens is 1. The van der Waals surface area contributed by atoms with Crippen LogP contribution in [0.25, 0.3) is 5.69 Å². The lowest BCUT2D eigenvalue weighted by Gasteiger charge is -2.09. The molecule has 0 unspecified atom stereocenters. The lowest BCUT2D eigenvalue weighted by atomic mass is 10.3. The molecule has 6 nitrogen and oxygen atoms in total. The Morgan fingerprint density at radius 1 is 0.955 bits per heavy atom. The van der Waals surface area contributed by atoms with Crippen molar-refractivity contribution >= 4 is 23.2 Å². The summed E-state index contributed by atoms with van der Waals surface area (Å²) in [5, 5.41) is 0.455. The minimum absolute atomic E-state index is 0.178. The summed E-state index contributed by atoms with van der Waals surface area (Å²) in [6, 6.07) is 16.4. The van der Waals surface area contributed by atoms with Gasteiger partial charge < -0.3 is 0 Å². The van der Waals surface area contributed by atoms with Gasteiger partial charge in [-0.1, -0.05) is 41.9 Å². The molecule has 110 valence electrons. The zero-order chi connectivity index (χ0) is 15.4. The van der Waals surface area contributed by atoms with E-state index >= 15 is 0 Å². The number of aromatic nitrogens is 3. The number of anilines is 2. The number of hydrazine groups is 1. The number of rotatable bonds is 4. The van der Waals surface area contributed by atoms with Crippen molar-refractivity contribution in [3.63, 3.8) is 0 Å². The molecule has 0 radical (unpaired) electrons. The second-order valence-corrected chi connectivity index (χ2v) is 4.81. The first-order chi connectivity index (χ1) is 10.7. The Balaban J connectivity index is 1.81. The van der Waals surface area contributed by atoms with Crippen LogP contribution in [-0.4, -0.2) is 14.5 Å². The molecule has 0 spiro atoms. The zero-order valence-electron chi connectivity index (χ0n) is 11.4. The van der Waals surface area contributed by atoms with Crippen LogP contribution in [0, 0.1) is 0 Å². The smallest absolute Gasteiger partial charge is 0.298 e. The summed E-state index contributed by atoms with van der Waals surface area (Å²) < 4.78 is 1.29. The summed E-state index contributed by atoms with van der Waals surface area (Å²) in [6.45, 7) is 0. The molecule has 0 atom stereocenters. The molecule has 1 heterocycles. The maximum absolute atomic E-state index is 12.1. The summed E-state index contributed by atoms with van der Waals surface area (Å²) in [6.07, 6.45) is 1.38. The number of hydrogen-bond donors (Lipinski definition) is 2. The van der Waals surface area contributed by atoms with E-state index in [2.05, 4.69) is 20.8 Å². The molecule has 0 saturated heterocycles. The third-order valence-corrected chi connectivity index (χ3v) is 3.23. The van der Waals surface area contributed by atoms with Crippen LogP contribution in [0.2, 0.25) is 5.02 Å². The Hall–Kier alpha value is -2.86. The van der Waals surface area contributed by atoms with E-state index in [9.17, 15) is 4.79 Å². The number of benzene rings is 2. The molecule has 1 aromatic heterocycles. The highest BCUT2D eigenvalue weighted by molar-refractivity contribution is 6.32. The molecule has 0 aliphatic carbocycles. The van der Waals surface area contributed by atoms with Crippen LogP contribution in [0.1, 0.15) is 0 Å². The summed E-state index contributed by atoms with van der Waals surface area (Å²) in [5.41, 5.74) is 6.59. The van der Waals surface area contributed by atoms with Gasteiger partial charge in [0.2, 0.25) is 5.95 Å². The Kier molecular flexibility index (Phi) is 4.02. The van der Waals surface area contributed by atoms with Crippen LogP contribution < -0.4 is 16.5 Å². The molecule has 0 fully saturated rings. The van der Waals surface area contributed by atoms with Crippen LogP contribution in [-0.2, 0) is 0 Å². The van der Waals surface area contributed by atoms with Crippen molar-refractivity contribution in [1.82, 2.24) is 14.5 Å². The first kappa shape index (κ1) is 14.1. The van der Waals surface area contributed by atoms with Crippen LogP contribution in [0.15, 0.2) is 65.7 Å². The summed E-state index contributed by atoms with van der Waals surface area (Å²) in [7, 11) is 0. The van der Waals surface area contributed by atoms with E-state index in [0.717, 1.165) is 5.69 Å². The van der Waals surface area contributed by atoms with Gasteiger partial charge >= 0.3 is 5.69 Å². The monoisotopic (exact) mass is 313 g/mol. The standard InChI is InChI=1S/C15H12ClN5O/c16-12-8-4-5-9-13(12)21-10-17-14(18-15(21)22)20-19-11-6-2-1-3-7-11/h1-10,19H,(H,18,20,22). The van der Waals surface area contributed by atoms with Crippen LogP contribution in [0.4, 0.5) is 11.6 Å². The largest absolute Gasteiger partial charge is 0.356 e. The quantitative estimate of drug-likeness (QED) is 0.725. The molecule has 7 heteroatoms. The zero-order valence-corrected chi connectivity index (χ0v) is 12.2. The van der Waals surface area contributed by atoms with E-state index in [1.807, 2.05) is 30.3 Å². The third kappa shape index (κ3) is 3.07. The van der Waals surface area contributed by atoms with Crippen LogP contribution in [0.3, 0.4) is 0 Å². The topological polar surface area (TPSA) is 71.8 Å². The van der Waals surface area contributed by atoms with Crippen molar-refractivity contribution in [3.8, 4) is 5.69 Å². The average Bonchev–Trinajstić information content (AvgIpc) is 2.55. The van der Waals surface area contributed by atoms with Gasteiger partial charge in [0.25, 0.3) is 0 Å². The van der Waals surface area contributed by atoms with Gasteiger partial charge in [0, 0.05) is 0 Å². The Bertz CT molecular complexity index is 835. The SMILES string of the molecule is O=c1nc(NNc2ccccc2)ncn1-c1ccccc1Cl. The van der Waals surface area contributed by atoms with Gasteiger partial charge in [-0.05, 0) is 24.3 Å². The highest BCUT2D eigenvalue weighted by Crippen LogP contribution is 2.17. The van der Waals surface area contributed by atoms with E-state index in [4.69, 9.17) is 11.6 Å². The predicted molar refractivity (Wildman–Crippen MR) is 86.3 cm³/mol. The van der Waals surface area contributed by atoms with Gasteiger partial charge in [-0.2, -0.15) is 4.98 Å². The molecule has 0 bridgehead atoms. The van der Waals surface area contributed by atoms with Gasteiger partial charge in [0.05, 0.1) is 16.4 Å². The second-order valence-electron chi connectivity index (χ2n) is 4.40. The van der Waals surface area contributed by atoms with Gasteiger partial charge in [-0.15, -0.1) is 0 Å². The summed E-state index contributed by atoms with van der Waals surface area (Å²) >= 11 is 6.07. The molecule has 2 N–H and O–H groups in total. The Morgan fingerprint density at radius 3 is 2.41 bits per heavy atom. The maximum atomic E-state index is 12.1. The fourth-order valence-corrected chi connectivity index (χ4v) is 2.08. The van der Waals surface area contributed by atoms with Gasteiger partial charge in [0.1, 0.15) is 6.33 Å². The van der Waals surface area contributed by atoms with Crippen molar-refractivity contribution in [1.29, 1.82) is 0 Å². The van der Waals surface area contributed by atoms with E-state index in [-0.39, 0.29) is 5.95 Å². The lowest BCUT2D eigenvalue weighted by Crippen LogP contribution is -2.25. The number of para-hydroxylation sites is 2. The van der Waals surface area contributed by atoms with E-state index in [1.54, 1.807) is 24.3 Å². The molecular formula is C15H12ClN5O. The molecule has 2 aromatic carbocycles. The van der Waals surface area contributed by atoms with Crippen molar-refractivity contribution in [3.05, 3.63) is 76.4 Å². The number of nitrogens with one attached hydrogen (secondary N) is 2. The lowest BCUT2D eigenvalue weighted by molar-refractivity contribution is 0.862. The third-order valence-electron chi connectivity index (χ3n) is 2.91. The molecule has 0 aliphatic rings. The van der Waals surface area contributed by atoms with E-state index < -0.39 is 5.69 Å². The van der Waals surface area contributed by atoms with E-state index in [0.29, 0.717) is 10.7 Å². The van der Waals surface area contributed by atoms with Gasteiger partial charge in [-0.3, -0.25) is 10.9 Å². The highest BCUT2D eigenvalue weighted by Gasteiger charge is 2.06. The fraction of sp³-hybridized carbons (Fsp3) is 0. The molecular weight excluding hydrogens is 302 g/mol. The average molecular weight is 314 g/mol. The normalized spacial score (nSPS) is 10.2. The minimum atomic E-state index is -0.472. The van der Waals surface area contributed by atoms with E-state index in [1.165, 1.54) is 10.9 Å². The van der Waals surface area contributed by atoms with Crippen molar-refractivity contribution in [2.24, 2.45) is 0 Å².